The van der Waals surface area contributed by atoms with E-state index in [0.29, 0.717) is 33.6 Å². The molecule has 2 heterocycles. The normalized spacial score (nSPS) is 15.9. The molecular weight excluding hydrogens is 552 g/mol. The molecule has 0 bridgehead atoms. The zero-order valence-corrected chi connectivity index (χ0v) is 21.5. The number of sulfonamides is 1. The van der Waals surface area contributed by atoms with Crippen LogP contribution < -0.4 is 4.72 Å². The van der Waals surface area contributed by atoms with E-state index in [0.717, 1.165) is 18.9 Å². The van der Waals surface area contributed by atoms with Crippen LogP contribution in [0.4, 0.5) is 17.6 Å². The first-order chi connectivity index (χ1) is 16.2. The summed E-state index contributed by atoms with van der Waals surface area (Å²) in [6.07, 6.45) is -0.918. The first-order valence-corrected chi connectivity index (χ1v) is 13.1. The lowest BCUT2D eigenvalue weighted by atomic mass is 9.98. The predicted molar refractivity (Wildman–Crippen MR) is 125 cm³/mol. The SMILES string of the molecule is CC(C)(C)n1ncc(C(NS(=O)(=O)c2ccc(C(F)(F)F)nc2)C2CC2)c1-c1cc(F)ccc1Br. The van der Waals surface area contributed by atoms with Crippen molar-refractivity contribution in [2.45, 2.75) is 56.3 Å². The van der Waals surface area contributed by atoms with Gasteiger partial charge in [0.1, 0.15) is 16.4 Å². The fourth-order valence-electron chi connectivity index (χ4n) is 3.83. The van der Waals surface area contributed by atoms with Gasteiger partial charge in [0.2, 0.25) is 10.0 Å². The van der Waals surface area contributed by atoms with Gasteiger partial charge in [0.05, 0.1) is 23.5 Å². The van der Waals surface area contributed by atoms with Gasteiger partial charge in [0.15, 0.2) is 0 Å². The molecule has 12 heteroatoms. The maximum absolute atomic E-state index is 14.2. The highest BCUT2D eigenvalue weighted by Crippen LogP contribution is 2.46. The van der Waals surface area contributed by atoms with Crippen LogP contribution in [0.25, 0.3) is 11.3 Å². The minimum atomic E-state index is -4.68. The van der Waals surface area contributed by atoms with Crippen LogP contribution in [0.2, 0.25) is 0 Å². The lowest BCUT2D eigenvalue weighted by Gasteiger charge is -2.25. The van der Waals surface area contributed by atoms with Gasteiger partial charge in [-0.25, -0.2) is 17.5 Å². The Kier molecular flexibility index (Phi) is 6.60. The van der Waals surface area contributed by atoms with E-state index in [1.54, 1.807) is 16.9 Å². The maximum Gasteiger partial charge on any atom is 0.433 e. The monoisotopic (exact) mass is 574 g/mol. The van der Waals surface area contributed by atoms with Crippen molar-refractivity contribution in [1.82, 2.24) is 19.5 Å². The standard InChI is InChI=1S/C23H23BrF4N4O2S/c1-22(2,3)32-21(16-10-14(25)6-8-18(16)24)17(12-30-32)20(13-4-5-13)31-35(33,34)15-7-9-19(29-11-15)23(26,27)28/h6-13,20,31H,4-5H2,1-3H3. The summed E-state index contributed by atoms with van der Waals surface area (Å²) in [4.78, 5) is 2.89. The minimum absolute atomic E-state index is 0.0455. The summed E-state index contributed by atoms with van der Waals surface area (Å²) >= 11 is 3.46. The molecule has 1 fully saturated rings. The molecule has 0 spiro atoms. The van der Waals surface area contributed by atoms with Crippen LogP contribution >= 0.6 is 15.9 Å². The first-order valence-electron chi connectivity index (χ1n) is 10.8. The number of pyridine rings is 1. The number of aromatic nitrogens is 3. The van der Waals surface area contributed by atoms with E-state index in [9.17, 15) is 26.0 Å². The molecule has 1 aliphatic carbocycles. The molecule has 1 aromatic carbocycles. The van der Waals surface area contributed by atoms with Crippen molar-refractivity contribution in [3.05, 3.63) is 64.3 Å². The molecule has 1 unspecified atom stereocenters. The summed E-state index contributed by atoms with van der Waals surface area (Å²) in [5, 5.41) is 4.51. The third-order valence-electron chi connectivity index (χ3n) is 5.66. The quantitative estimate of drug-likeness (QED) is 0.363. The smallest absolute Gasteiger partial charge is 0.259 e. The number of nitrogens with zero attached hydrogens (tertiary/aromatic N) is 3. The zero-order valence-electron chi connectivity index (χ0n) is 19.1. The van der Waals surface area contributed by atoms with Crippen LogP contribution in [0, 0.1) is 11.7 Å². The molecule has 0 aliphatic heterocycles. The average Bonchev–Trinajstić information content (AvgIpc) is 3.50. The van der Waals surface area contributed by atoms with Gasteiger partial charge in [-0.3, -0.25) is 9.67 Å². The lowest BCUT2D eigenvalue weighted by molar-refractivity contribution is -0.141. The second-order valence-electron chi connectivity index (χ2n) is 9.47. The number of hydrogen-bond donors (Lipinski definition) is 1. The number of rotatable bonds is 6. The molecule has 3 aromatic rings. The Labute approximate surface area is 208 Å². The molecule has 1 atom stereocenters. The highest BCUT2D eigenvalue weighted by molar-refractivity contribution is 9.10. The second-order valence-corrected chi connectivity index (χ2v) is 12.0. The van der Waals surface area contributed by atoms with Gasteiger partial charge in [0, 0.05) is 21.8 Å². The Hall–Kier alpha value is -2.31. The van der Waals surface area contributed by atoms with Crippen molar-refractivity contribution in [2.75, 3.05) is 0 Å². The summed E-state index contributed by atoms with van der Waals surface area (Å²) in [6, 6.07) is 5.02. The molecule has 35 heavy (non-hydrogen) atoms. The highest BCUT2D eigenvalue weighted by Gasteiger charge is 2.40. The van der Waals surface area contributed by atoms with Crippen molar-refractivity contribution in [1.29, 1.82) is 0 Å². The Morgan fingerprint density at radius 3 is 2.34 bits per heavy atom. The van der Waals surface area contributed by atoms with Gasteiger partial charge >= 0.3 is 6.18 Å². The van der Waals surface area contributed by atoms with Gasteiger partial charge in [-0.2, -0.15) is 18.3 Å². The van der Waals surface area contributed by atoms with Crippen LogP contribution in [0.3, 0.4) is 0 Å². The Morgan fingerprint density at radius 2 is 1.80 bits per heavy atom. The fraction of sp³-hybridized carbons (Fsp3) is 0.391. The summed E-state index contributed by atoms with van der Waals surface area (Å²) in [7, 11) is -4.22. The largest absolute Gasteiger partial charge is 0.433 e. The second kappa shape index (κ2) is 8.97. The van der Waals surface area contributed by atoms with Gasteiger partial charge in [-0.1, -0.05) is 15.9 Å². The molecular formula is C23H23BrF4N4O2S. The minimum Gasteiger partial charge on any atom is -0.259 e. The van der Waals surface area contributed by atoms with Crippen molar-refractivity contribution in [3.8, 4) is 11.3 Å². The summed E-state index contributed by atoms with van der Waals surface area (Å²) in [5.41, 5.74) is -0.0801. The first kappa shape index (κ1) is 25.8. The number of hydrogen-bond acceptors (Lipinski definition) is 4. The van der Waals surface area contributed by atoms with Crippen LogP contribution in [0.1, 0.15) is 50.9 Å². The van der Waals surface area contributed by atoms with Crippen LogP contribution in [0.5, 0.6) is 0 Å². The average molecular weight is 575 g/mol. The highest BCUT2D eigenvalue weighted by atomic mass is 79.9. The van der Waals surface area contributed by atoms with Crippen molar-refractivity contribution < 1.29 is 26.0 Å². The van der Waals surface area contributed by atoms with Crippen LogP contribution in [0.15, 0.2) is 52.1 Å². The molecule has 0 radical (unpaired) electrons. The maximum atomic E-state index is 14.2. The molecule has 1 N–H and O–H groups in total. The van der Waals surface area contributed by atoms with E-state index >= 15 is 0 Å². The van der Waals surface area contributed by atoms with Crippen molar-refractivity contribution in [2.24, 2.45) is 5.92 Å². The number of nitrogens with one attached hydrogen (secondary N) is 1. The Bertz CT molecular complexity index is 1350. The van der Waals surface area contributed by atoms with E-state index in [1.165, 1.54) is 12.1 Å². The van der Waals surface area contributed by atoms with Crippen LogP contribution in [-0.4, -0.2) is 23.2 Å². The zero-order chi connectivity index (χ0) is 25.8. The number of halogens is 5. The van der Waals surface area contributed by atoms with Gasteiger partial charge in [-0.15, -0.1) is 0 Å². The molecule has 1 saturated carbocycles. The van der Waals surface area contributed by atoms with Crippen molar-refractivity contribution in [3.63, 3.8) is 0 Å². The molecule has 1 aliphatic rings. The van der Waals surface area contributed by atoms with Gasteiger partial charge in [0.25, 0.3) is 0 Å². The summed E-state index contributed by atoms with van der Waals surface area (Å²) in [6.45, 7) is 5.76. The predicted octanol–water partition coefficient (Wildman–Crippen LogP) is 6.05. The summed E-state index contributed by atoms with van der Waals surface area (Å²) in [5.74, 6) is -0.508. The number of alkyl halides is 3. The lowest BCUT2D eigenvalue weighted by Crippen LogP contribution is -2.31. The van der Waals surface area contributed by atoms with Crippen molar-refractivity contribution >= 4 is 26.0 Å². The third kappa shape index (κ3) is 5.44. The molecule has 6 nitrogen and oxygen atoms in total. The topological polar surface area (TPSA) is 76.9 Å². The fourth-order valence-corrected chi connectivity index (χ4v) is 5.49. The molecule has 4 rings (SSSR count). The number of benzene rings is 1. The van der Waals surface area contributed by atoms with E-state index < -0.39 is 39.3 Å². The Balaban J connectivity index is 1.79. The molecule has 188 valence electrons. The van der Waals surface area contributed by atoms with E-state index in [4.69, 9.17) is 0 Å². The van der Waals surface area contributed by atoms with Gasteiger partial charge in [-0.05, 0) is 69.9 Å². The molecule has 2 aromatic heterocycles. The third-order valence-corrected chi connectivity index (χ3v) is 7.78. The van der Waals surface area contributed by atoms with E-state index in [-0.39, 0.29) is 10.8 Å². The Morgan fingerprint density at radius 1 is 1.11 bits per heavy atom. The summed E-state index contributed by atoms with van der Waals surface area (Å²) < 4.78 is 84.1. The van der Waals surface area contributed by atoms with E-state index in [1.807, 2.05) is 20.8 Å². The van der Waals surface area contributed by atoms with E-state index in [2.05, 4.69) is 30.7 Å². The molecule has 0 amide bonds. The van der Waals surface area contributed by atoms with Gasteiger partial charge < -0.3 is 0 Å². The molecule has 0 saturated heterocycles. The van der Waals surface area contributed by atoms with Crippen LogP contribution in [-0.2, 0) is 21.7 Å².